The zero-order chi connectivity index (χ0) is 10.4. The Balaban J connectivity index is 2.59. The van der Waals surface area contributed by atoms with Crippen LogP contribution in [0.1, 0.15) is 18.6 Å². The van der Waals surface area contributed by atoms with Gasteiger partial charge in [-0.2, -0.15) is 0 Å². The lowest BCUT2D eigenvalue weighted by atomic mass is 10.1. The summed E-state index contributed by atoms with van der Waals surface area (Å²) < 4.78 is 10.4. The van der Waals surface area contributed by atoms with Crippen molar-refractivity contribution in [3.05, 3.63) is 29.8 Å². The molecule has 1 rings (SSSR count). The third-order valence-corrected chi connectivity index (χ3v) is 2.06. The molecular weight excluding hydrogens is 180 g/mol. The van der Waals surface area contributed by atoms with E-state index in [9.17, 15) is 0 Å². The maximum Gasteiger partial charge on any atom is 0.119 e. The summed E-state index contributed by atoms with van der Waals surface area (Å²) in [5.41, 5.74) is 1.11. The number of rotatable bonds is 5. The Hall–Kier alpha value is -1.06. The molecule has 0 bridgehead atoms. The zero-order valence-corrected chi connectivity index (χ0v) is 8.56. The van der Waals surface area contributed by atoms with Gasteiger partial charge >= 0.3 is 0 Å². The molecule has 1 atom stereocenters. The Morgan fingerprint density at radius 3 is 2.43 bits per heavy atom. The summed E-state index contributed by atoms with van der Waals surface area (Å²) in [6.07, 6.45) is 0.0990. The normalized spacial score (nSPS) is 12.5. The molecule has 0 aliphatic heterocycles. The van der Waals surface area contributed by atoms with Crippen LogP contribution in [0, 0.1) is 0 Å². The van der Waals surface area contributed by atoms with Crippen LogP contribution < -0.4 is 4.74 Å². The van der Waals surface area contributed by atoms with Gasteiger partial charge in [-0.3, -0.25) is 0 Å². The lowest BCUT2D eigenvalue weighted by molar-refractivity contribution is 0.119. The molecule has 0 amide bonds. The summed E-state index contributed by atoms with van der Waals surface area (Å²) in [5.74, 6) is 0.770. The van der Waals surface area contributed by atoms with Gasteiger partial charge in [0, 0.05) is 7.11 Å². The van der Waals surface area contributed by atoms with Crippen LogP contribution in [0.25, 0.3) is 0 Å². The van der Waals surface area contributed by atoms with Gasteiger partial charge in [0.1, 0.15) is 12.4 Å². The Labute approximate surface area is 84.3 Å². The number of benzene rings is 1. The van der Waals surface area contributed by atoms with Crippen molar-refractivity contribution in [2.24, 2.45) is 0 Å². The average Bonchev–Trinajstić information content (AvgIpc) is 2.26. The molecule has 1 aromatic rings. The first-order chi connectivity index (χ1) is 6.77. The summed E-state index contributed by atoms with van der Waals surface area (Å²) >= 11 is 0. The van der Waals surface area contributed by atoms with Gasteiger partial charge in [-0.1, -0.05) is 12.1 Å². The minimum Gasteiger partial charge on any atom is -0.491 e. The first-order valence-corrected chi connectivity index (χ1v) is 4.64. The standard InChI is InChI=1S/C11H16O3/c1-9(13-2)10-3-5-11(6-4-10)14-8-7-12/h3-6,9,12H,7-8H2,1-2H3. The lowest BCUT2D eigenvalue weighted by Crippen LogP contribution is -2.02. The Morgan fingerprint density at radius 1 is 1.29 bits per heavy atom. The van der Waals surface area contributed by atoms with Gasteiger partial charge in [-0.05, 0) is 24.6 Å². The molecule has 0 saturated heterocycles. The van der Waals surface area contributed by atoms with Crippen molar-refractivity contribution >= 4 is 0 Å². The van der Waals surface area contributed by atoms with Gasteiger partial charge in [0.15, 0.2) is 0 Å². The van der Waals surface area contributed by atoms with E-state index in [-0.39, 0.29) is 12.7 Å². The number of aliphatic hydroxyl groups excluding tert-OH is 1. The third-order valence-electron chi connectivity index (χ3n) is 2.06. The Bertz CT molecular complexity index is 256. The predicted molar refractivity (Wildman–Crippen MR) is 54.4 cm³/mol. The number of aliphatic hydroxyl groups is 1. The monoisotopic (exact) mass is 196 g/mol. The SMILES string of the molecule is COC(C)c1ccc(OCCO)cc1. The second-order valence-corrected chi connectivity index (χ2v) is 3.02. The smallest absolute Gasteiger partial charge is 0.119 e. The molecule has 14 heavy (non-hydrogen) atoms. The lowest BCUT2D eigenvalue weighted by Gasteiger charge is -2.10. The summed E-state index contributed by atoms with van der Waals surface area (Å²) in [7, 11) is 1.68. The van der Waals surface area contributed by atoms with Crippen molar-refractivity contribution in [1.82, 2.24) is 0 Å². The second kappa shape index (κ2) is 5.62. The van der Waals surface area contributed by atoms with Crippen molar-refractivity contribution in [3.63, 3.8) is 0 Å². The minimum absolute atomic E-state index is 0.0379. The van der Waals surface area contributed by atoms with E-state index >= 15 is 0 Å². The number of ether oxygens (including phenoxy) is 2. The van der Waals surface area contributed by atoms with E-state index in [1.165, 1.54) is 0 Å². The molecule has 3 nitrogen and oxygen atoms in total. The highest BCUT2D eigenvalue weighted by molar-refractivity contribution is 5.28. The van der Waals surface area contributed by atoms with Crippen molar-refractivity contribution in [2.75, 3.05) is 20.3 Å². The second-order valence-electron chi connectivity index (χ2n) is 3.02. The number of hydrogen-bond donors (Lipinski definition) is 1. The molecule has 0 heterocycles. The molecular formula is C11H16O3. The fraction of sp³-hybridized carbons (Fsp3) is 0.455. The van der Waals surface area contributed by atoms with Crippen LogP contribution in [0.4, 0.5) is 0 Å². The Morgan fingerprint density at radius 2 is 1.93 bits per heavy atom. The van der Waals surface area contributed by atoms with E-state index in [2.05, 4.69) is 0 Å². The van der Waals surface area contributed by atoms with Gasteiger partial charge in [0.25, 0.3) is 0 Å². The van der Waals surface area contributed by atoms with E-state index in [1.54, 1.807) is 7.11 Å². The van der Waals surface area contributed by atoms with E-state index in [0.717, 1.165) is 11.3 Å². The van der Waals surface area contributed by atoms with Crippen LogP contribution >= 0.6 is 0 Å². The molecule has 0 saturated carbocycles. The van der Waals surface area contributed by atoms with Gasteiger partial charge in [-0.25, -0.2) is 0 Å². The predicted octanol–water partition coefficient (Wildman–Crippen LogP) is 1.77. The molecule has 1 unspecified atom stereocenters. The highest BCUT2D eigenvalue weighted by Gasteiger charge is 2.02. The maximum absolute atomic E-state index is 8.56. The summed E-state index contributed by atoms with van der Waals surface area (Å²) in [6, 6.07) is 7.67. The van der Waals surface area contributed by atoms with Gasteiger partial charge in [0.2, 0.25) is 0 Å². The summed E-state index contributed by atoms with van der Waals surface area (Å²) in [6.45, 7) is 2.36. The molecule has 0 aromatic heterocycles. The van der Waals surface area contributed by atoms with Gasteiger partial charge in [0.05, 0.1) is 12.7 Å². The largest absolute Gasteiger partial charge is 0.491 e. The van der Waals surface area contributed by atoms with E-state index in [1.807, 2.05) is 31.2 Å². The molecule has 0 aliphatic carbocycles. The fourth-order valence-electron chi connectivity index (χ4n) is 1.13. The summed E-state index contributed by atoms with van der Waals surface area (Å²) in [5, 5.41) is 8.56. The molecule has 1 N–H and O–H groups in total. The van der Waals surface area contributed by atoms with Crippen molar-refractivity contribution in [3.8, 4) is 5.75 Å². The molecule has 0 radical (unpaired) electrons. The molecule has 0 aliphatic rings. The number of hydrogen-bond acceptors (Lipinski definition) is 3. The van der Waals surface area contributed by atoms with Crippen LogP contribution in [0.5, 0.6) is 5.75 Å². The van der Waals surface area contributed by atoms with E-state index < -0.39 is 0 Å². The molecule has 0 fully saturated rings. The zero-order valence-electron chi connectivity index (χ0n) is 8.56. The van der Waals surface area contributed by atoms with Crippen LogP contribution in [-0.4, -0.2) is 25.4 Å². The van der Waals surface area contributed by atoms with Crippen molar-refractivity contribution in [1.29, 1.82) is 0 Å². The first kappa shape index (κ1) is 11.0. The quantitative estimate of drug-likeness (QED) is 0.780. The van der Waals surface area contributed by atoms with Gasteiger partial charge in [-0.15, -0.1) is 0 Å². The van der Waals surface area contributed by atoms with Crippen LogP contribution in [-0.2, 0) is 4.74 Å². The van der Waals surface area contributed by atoms with Crippen molar-refractivity contribution in [2.45, 2.75) is 13.0 Å². The van der Waals surface area contributed by atoms with Crippen LogP contribution in [0.2, 0.25) is 0 Å². The van der Waals surface area contributed by atoms with E-state index in [4.69, 9.17) is 14.6 Å². The molecule has 0 spiro atoms. The fourth-order valence-corrected chi connectivity index (χ4v) is 1.13. The molecule has 78 valence electrons. The highest BCUT2D eigenvalue weighted by Crippen LogP contribution is 2.19. The topological polar surface area (TPSA) is 38.7 Å². The molecule has 3 heteroatoms. The highest BCUT2D eigenvalue weighted by atomic mass is 16.5. The van der Waals surface area contributed by atoms with Crippen LogP contribution in [0.15, 0.2) is 24.3 Å². The minimum atomic E-state index is 0.0379. The Kier molecular flexibility index (Phi) is 4.43. The van der Waals surface area contributed by atoms with Gasteiger partial charge < -0.3 is 14.6 Å². The molecule has 1 aromatic carbocycles. The average molecular weight is 196 g/mol. The summed E-state index contributed by atoms with van der Waals surface area (Å²) in [4.78, 5) is 0. The number of methoxy groups -OCH3 is 1. The van der Waals surface area contributed by atoms with Crippen molar-refractivity contribution < 1.29 is 14.6 Å². The van der Waals surface area contributed by atoms with Crippen LogP contribution in [0.3, 0.4) is 0 Å². The third kappa shape index (κ3) is 3.01. The first-order valence-electron chi connectivity index (χ1n) is 4.64. The maximum atomic E-state index is 8.56. The van der Waals surface area contributed by atoms with E-state index in [0.29, 0.717) is 6.61 Å².